The standard InChI is InChI=1S/C17H27N/c1-14(8-5-6-13-18)10-11-16-15(2)9-7-12-17(16,3)4/h8-9,16H,5-7,10-12H2,1-4H3/b14-8+. The van der Waals surface area contributed by atoms with Crippen molar-refractivity contribution in [1.82, 2.24) is 0 Å². The molecule has 1 heteroatoms. The van der Waals surface area contributed by atoms with E-state index < -0.39 is 0 Å². The molecule has 0 aliphatic heterocycles. The fraction of sp³-hybridized carbons (Fsp3) is 0.706. The topological polar surface area (TPSA) is 23.8 Å². The first kappa shape index (κ1) is 15.0. The van der Waals surface area contributed by atoms with Gasteiger partial charge in [0.1, 0.15) is 0 Å². The summed E-state index contributed by atoms with van der Waals surface area (Å²) in [7, 11) is 0. The normalized spacial score (nSPS) is 23.4. The fourth-order valence-corrected chi connectivity index (χ4v) is 3.08. The molecule has 0 saturated carbocycles. The maximum atomic E-state index is 8.53. The second kappa shape index (κ2) is 6.78. The smallest absolute Gasteiger partial charge is 0.0625 e. The predicted octanol–water partition coefficient (Wildman–Crippen LogP) is 5.40. The van der Waals surface area contributed by atoms with Gasteiger partial charge in [-0.2, -0.15) is 5.26 Å². The number of allylic oxidation sites excluding steroid dienone is 4. The van der Waals surface area contributed by atoms with Crippen LogP contribution in [0.4, 0.5) is 0 Å². The third kappa shape index (κ3) is 4.33. The summed E-state index contributed by atoms with van der Waals surface area (Å²) in [5.74, 6) is 0.727. The van der Waals surface area contributed by atoms with Crippen LogP contribution in [0, 0.1) is 22.7 Å². The van der Waals surface area contributed by atoms with Gasteiger partial charge in [-0.15, -0.1) is 0 Å². The Bertz CT molecular complexity index is 366. The lowest BCUT2D eigenvalue weighted by molar-refractivity contribution is 0.204. The molecule has 100 valence electrons. The Kier molecular flexibility index (Phi) is 5.66. The van der Waals surface area contributed by atoms with Crippen molar-refractivity contribution in [1.29, 1.82) is 5.26 Å². The third-order valence-electron chi connectivity index (χ3n) is 4.32. The van der Waals surface area contributed by atoms with Crippen molar-refractivity contribution >= 4 is 0 Å². The second-order valence-electron chi connectivity index (χ2n) is 6.31. The molecular formula is C17H27N. The molecule has 0 aromatic heterocycles. The summed E-state index contributed by atoms with van der Waals surface area (Å²) in [6, 6.07) is 2.19. The van der Waals surface area contributed by atoms with E-state index >= 15 is 0 Å². The Balaban J connectivity index is 2.51. The van der Waals surface area contributed by atoms with Crippen molar-refractivity contribution < 1.29 is 0 Å². The Morgan fingerprint density at radius 1 is 1.56 bits per heavy atom. The quantitative estimate of drug-likeness (QED) is 0.470. The lowest BCUT2D eigenvalue weighted by Gasteiger charge is -2.38. The molecule has 0 aromatic rings. The van der Waals surface area contributed by atoms with Crippen molar-refractivity contribution in [2.75, 3.05) is 0 Å². The predicted molar refractivity (Wildman–Crippen MR) is 78.1 cm³/mol. The van der Waals surface area contributed by atoms with Crippen LogP contribution in [0.5, 0.6) is 0 Å². The molecule has 1 aliphatic rings. The monoisotopic (exact) mass is 245 g/mol. The molecule has 18 heavy (non-hydrogen) atoms. The zero-order chi connectivity index (χ0) is 13.6. The van der Waals surface area contributed by atoms with Crippen LogP contribution in [-0.2, 0) is 0 Å². The molecular weight excluding hydrogens is 218 g/mol. The van der Waals surface area contributed by atoms with E-state index in [2.05, 4.69) is 45.9 Å². The van der Waals surface area contributed by atoms with E-state index in [0.717, 1.165) is 12.3 Å². The van der Waals surface area contributed by atoms with Crippen molar-refractivity contribution in [3.63, 3.8) is 0 Å². The van der Waals surface area contributed by atoms with Gasteiger partial charge in [0.05, 0.1) is 6.07 Å². The highest BCUT2D eigenvalue weighted by Crippen LogP contribution is 2.43. The molecule has 0 spiro atoms. The van der Waals surface area contributed by atoms with Gasteiger partial charge in [0.2, 0.25) is 0 Å². The summed E-state index contributed by atoms with van der Waals surface area (Å²) in [6.07, 6.45) is 11.2. The first-order chi connectivity index (χ1) is 8.47. The van der Waals surface area contributed by atoms with Crippen LogP contribution in [0.25, 0.3) is 0 Å². The third-order valence-corrected chi connectivity index (χ3v) is 4.32. The highest BCUT2D eigenvalue weighted by molar-refractivity contribution is 5.13. The van der Waals surface area contributed by atoms with E-state index in [0.29, 0.717) is 11.8 Å². The van der Waals surface area contributed by atoms with Gasteiger partial charge in [0.15, 0.2) is 0 Å². The van der Waals surface area contributed by atoms with E-state index in [1.54, 1.807) is 5.57 Å². The lowest BCUT2D eigenvalue weighted by atomic mass is 9.67. The number of unbranched alkanes of at least 4 members (excludes halogenated alkanes) is 1. The van der Waals surface area contributed by atoms with Gasteiger partial charge in [-0.1, -0.05) is 37.1 Å². The van der Waals surface area contributed by atoms with Crippen molar-refractivity contribution in [2.45, 2.75) is 66.2 Å². The van der Waals surface area contributed by atoms with Gasteiger partial charge in [0.25, 0.3) is 0 Å². The highest BCUT2D eigenvalue weighted by Gasteiger charge is 2.32. The molecule has 1 nitrogen and oxygen atoms in total. The molecule has 0 bridgehead atoms. The van der Waals surface area contributed by atoms with E-state index in [4.69, 9.17) is 5.26 Å². The van der Waals surface area contributed by atoms with E-state index in [-0.39, 0.29) is 0 Å². The van der Waals surface area contributed by atoms with E-state index in [9.17, 15) is 0 Å². The van der Waals surface area contributed by atoms with Crippen LogP contribution in [0.2, 0.25) is 0 Å². The molecule has 0 saturated heterocycles. The van der Waals surface area contributed by atoms with Crippen LogP contribution in [-0.4, -0.2) is 0 Å². The van der Waals surface area contributed by atoms with Gasteiger partial charge in [0, 0.05) is 6.42 Å². The average Bonchev–Trinajstić information content (AvgIpc) is 2.28. The number of nitriles is 1. The molecule has 1 atom stereocenters. The maximum absolute atomic E-state index is 8.53. The molecule has 0 N–H and O–H groups in total. The molecule has 0 amide bonds. The maximum Gasteiger partial charge on any atom is 0.0625 e. The van der Waals surface area contributed by atoms with Gasteiger partial charge in [-0.05, 0) is 57.3 Å². The van der Waals surface area contributed by atoms with E-state index in [1.807, 2.05) is 0 Å². The average molecular weight is 245 g/mol. The summed E-state index contributed by atoms with van der Waals surface area (Å²) >= 11 is 0. The zero-order valence-electron chi connectivity index (χ0n) is 12.4. The SMILES string of the molecule is CC1=CCCC(C)(C)C1CC/C(C)=C/CCC#N. The first-order valence-electron chi connectivity index (χ1n) is 7.16. The van der Waals surface area contributed by atoms with Crippen LogP contribution >= 0.6 is 0 Å². The summed E-state index contributed by atoms with van der Waals surface area (Å²) in [4.78, 5) is 0. The van der Waals surface area contributed by atoms with Gasteiger partial charge in [-0.25, -0.2) is 0 Å². The molecule has 0 fully saturated rings. The minimum atomic E-state index is 0.450. The Hall–Kier alpha value is -1.03. The molecule has 0 aromatic carbocycles. The zero-order valence-corrected chi connectivity index (χ0v) is 12.4. The molecule has 1 aliphatic carbocycles. The van der Waals surface area contributed by atoms with Gasteiger partial charge < -0.3 is 0 Å². The van der Waals surface area contributed by atoms with Gasteiger partial charge >= 0.3 is 0 Å². The van der Waals surface area contributed by atoms with Crippen molar-refractivity contribution in [3.8, 4) is 6.07 Å². The fourth-order valence-electron chi connectivity index (χ4n) is 3.08. The van der Waals surface area contributed by atoms with Crippen molar-refractivity contribution in [3.05, 3.63) is 23.3 Å². The van der Waals surface area contributed by atoms with Gasteiger partial charge in [-0.3, -0.25) is 0 Å². The first-order valence-corrected chi connectivity index (χ1v) is 7.16. The summed E-state index contributed by atoms with van der Waals surface area (Å²) in [6.45, 7) is 9.30. The van der Waals surface area contributed by atoms with Crippen LogP contribution < -0.4 is 0 Å². The van der Waals surface area contributed by atoms with Crippen LogP contribution in [0.3, 0.4) is 0 Å². The molecule has 0 heterocycles. The molecule has 1 rings (SSSR count). The lowest BCUT2D eigenvalue weighted by Crippen LogP contribution is -2.27. The minimum Gasteiger partial charge on any atom is -0.198 e. The number of nitrogens with zero attached hydrogens (tertiary/aromatic N) is 1. The largest absolute Gasteiger partial charge is 0.198 e. The van der Waals surface area contributed by atoms with Crippen LogP contribution in [0.15, 0.2) is 23.3 Å². The highest BCUT2D eigenvalue weighted by atomic mass is 14.4. The van der Waals surface area contributed by atoms with Crippen molar-refractivity contribution in [2.24, 2.45) is 11.3 Å². The van der Waals surface area contributed by atoms with Crippen LogP contribution in [0.1, 0.15) is 66.2 Å². The molecule has 1 unspecified atom stereocenters. The number of rotatable bonds is 5. The van der Waals surface area contributed by atoms with E-state index in [1.165, 1.54) is 31.3 Å². The minimum absolute atomic E-state index is 0.450. The second-order valence-corrected chi connectivity index (χ2v) is 6.31. The summed E-state index contributed by atoms with van der Waals surface area (Å²) in [5, 5.41) is 8.53. The Labute approximate surface area is 113 Å². The summed E-state index contributed by atoms with van der Waals surface area (Å²) in [5.41, 5.74) is 3.47. The number of hydrogen-bond acceptors (Lipinski definition) is 1. The number of hydrogen-bond donors (Lipinski definition) is 0. The summed E-state index contributed by atoms with van der Waals surface area (Å²) < 4.78 is 0. The molecule has 0 radical (unpaired) electrons. The Morgan fingerprint density at radius 3 is 2.89 bits per heavy atom. The Morgan fingerprint density at radius 2 is 2.28 bits per heavy atom.